The van der Waals surface area contributed by atoms with Crippen LogP contribution in [0.15, 0.2) is 51.8 Å². The first-order valence-electron chi connectivity index (χ1n) is 7.47. The van der Waals surface area contributed by atoms with Gasteiger partial charge in [0.15, 0.2) is 5.75 Å². The van der Waals surface area contributed by atoms with Crippen LogP contribution < -0.4 is 9.46 Å². The molecule has 2 aromatic carbocycles. The summed E-state index contributed by atoms with van der Waals surface area (Å²) in [6.07, 6.45) is -5.02. The van der Waals surface area contributed by atoms with E-state index < -0.39 is 27.0 Å². The van der Waals surface area contributed by atoms with Crippen LogP contribution in [0.4, 0.5) is 18.9 Å². The predicted octanol–water partition coefficient (Wildman–Crippen LogP) is 5.45. The zero-order valence-electron chi connectivity index (χ0n) is 14.2. The number of halogens is 4. The molecule has 4 nitrogen and oxygen atoms in total. The Morgan fingerprint density at radius 1 is 1.04 bits per heavy atom. The van der Waals surface area contributed by atoms with Crippen molar-refractivity contribution in [1.29, 1.82) is 0 Å². The smallest absolute Gasteiger partial charge is 0.404 e. The molecule has 0 aliphatic rings. The highest BCUT2D eigenvalue weighted by Gasteiger charge is 2.34. The fraction of sp³-hybridized carbons (Fsp3) is 0.294. The summed E-state index contributed by atoms with van der Waals surface area (Å²) in [6.45, 7) is 5.70. The van der Waals surface area contributed by atoms with Gasteiger partial charge in [0.2, 0.25) is 0 Å². The Bertz CT molecular complexity index is 906. The maximum atomic E-state index is 12.7. The van der Waals surface area contributed by atoms with E-state index in [2.05, 4.69) is 25.4 Å². The Labute approximate surface area is 158 Å². The topological polar surface area (TPSA) is 55.4 Å². The van der Waals surface area contributed by atoms with Gasteiger partial charge in [-0.15, -0.1) is 13.2 Å². The molecule has 142 valence electrons. The molecule has 0 aromatic heterocycles. The van der Waals surface area contributed by atoms with Crippen LogP contribution in [-0.2, 0) is 15.4 Å². The van der Waals surface area contributed by atoms with Gasteiger partial charge in [-0.25, -0.2) is 8.42 Å². The first-order chi connectivity index (χ1) is 11.8. The number of benzene rings is 2. The fourth-order valence-electron chi connectivity index (χ4n) is 2.33. The van der Waals surface area contributed by atoms with Crippen molar-refractivity contribution < 1.29 is 26.3 Å². The summed E-state index contributed by atoms with van der Waals surface area (Å²) < 4.78 is 69.9. The monoisotopic (exact) mass is 451 g/mol. The molecule has 0 atom stereocenters. The van der Waals surface area contributed by atoms with E-state index in [4.69, 9.17) is 0 Å². The third kappa shape index (κ3) is 5.14. The Balaban J connectivity index is 2.50. The van der Waals surface area contributed by atoms with E-state index in [0.29, 0.717) is 11.3 Å². The number of ether oxygens (including phenoxy) is 1. The van der Waals surface area contributed by atoms with E-state index in [1.54, 1.807) is 24.3 Å². The molecule has 2 aromatic rings. The largest absolute Gasteiger partial charge is 0.573 e. The fourth-order valence-corrected chi connectivity index (χ4v) is 3.86. The van der Waals surface area contributed by atoms with Crippen molar-refractivity contribution in [2.75, 3.05) is 4.72 Å². The van der Waals surface area contributed by atoms with Crippen LogP contribution in [0, 0.1) is 0 Å². The third-order valence-electron chi connectivity index (χ3n) is 3.40. The summed E-state index contributed by atoms with van der Waals surface area (Å²) in [7, 11) is -4.31. The van der Waals surface area contributed by atoms with E-state index in [-0.39, 0.29) is 9.89 Å². The summed E-state index contributed by atoms with van der Waals surface area (Å²) in [4.78, 5) is -0.610. The lowest BCUT2D eigenvalue weighted by molar-refractivity contribution is -0.275. The number of hydrogen-bond acceptors (Lipinski definition) is 3. The number of anilines is 1. The second-order valence-electron chi connectivity index (χ2n) is 6.54. The van der Waals surface area contributed by atoms with E-state index in [1.165, 1.54) is 6.07 Å². The molecule has 9 heteroatoms. The minimum Gasteiger partial charge on any atom is -0.404 e. The van der Waals surface area contributed by atoms with Gasteiger partial charge < -0.3 is 4.74 Å². The van der Waals surface area contributed by atoms with Crippen LogP contribution in [0.2, 0.25) is 0 Å². The van der Waals surface area contributed by atoms with Gasteiger partial charge in [-0.2, -0.15) is 0 Å². The highest BCUT2D eigenvalue weighted by molar-refractivity contribution is 9.10. The van der Waals surface area contributed by atoms with Gasteiger partial charge in [0.05, 0.1) is 5.69 Å². The zero-order chi connectivity index (χ0) is 19.8. The number of sulfonamides is 1. The van der Waals surface area contributed by atoms with Gasteiger partial charge in [-0.1, -0.05) is 54.9 Å². The molecule has 0 bridgehead atoms. The van der Waals surface area contributed by atoms with Crippen molar-refractivity contribution in [3.63, 3.8) is 0 Å². The average molecular weight is 452 g/mol. The predicted molar refractivity (Wildman–Crippen MR) is 96.8 cm³/mol. The van der Waals surface area contributed by atoms with E-state index in [0.717, 1.165) is 12.1 Å². The van der Waals surface area contributed by atoms with E-state index in [9.17, 15) is 21.6 Å². The lowest BCUT2D eigenvalue weighted by atomic mass is 9.86. The first kappa shape index (κ1) is 20.6. The van der Waals surface area contributed by atoms with Gasteiger partial charge in [-0.05, 0) is 35.2 Å². The maximum Gasteiger partial charge on any atom is 0.573 e. The molecule has 2 rings (SSSR count). The van der Waals surface area contributed by atoms with E-state index >= 15 is 0 Å². The molecular formula is C17H17BrF3NO3S. The first-order valence-corrected chi connectivity index (χ1v) is 9.75. The van der Waals surface area contributed by atoms with Crippen LogP contribution in [0.3, 0.4) is 0 Å². The summed E-state index contributed by atoms with van der Waals surface area (Å²) in [5, 5.41) is 0. The Kier molecular flexibility index (Phi) is 5.63. The molecule has 1 N–H and O–H groups in total. The van der Waals surface area contributed by atoms with Gasteiger partial charge in [0.25, 0.3) is 10.0 Å². The average Bonchev–Trinajstić information content (AvgIpc) is 2.44. The Hall–Kier alpha value is -1.74. The quantitative estimate of drug-likeness (QED) is 0.672. The number of para-hydroxylation sites is 1. The molecule has 0 aliphatic heterocycles. The van der Waals surface area contributed by atoms with Crippen molar-refractivity contribution in [1.82, 2.24) is 0 Å². The van der Waals surface area contributed by atoms with Crippen molar-refractivity contribution in [2.24, 2.45) is 0 Å². The normalized spacial score (nSPS) is 12.7. The number of nitrogens with one attached hydrogen (secondary N) is 1. The van der Waals surface area contributed by atoms with Crippen LogP contribution in [-0.4, -0.2) is 14.8 Å². The van der Waals surface area contributed by atoms with Crippen molar-refractivity contribution in [2.45, 2.75) is 37.4 Å². The minimum absolute atomic E-state index is 0.255. The summed E-state index contributed by atoms with van der Waals surface area (Å²) >= 11 is 3.01. The standard InChI is InChI=1S/C17H17BrF3NO3S/c1-16(2,3)12-6-4-5-7-13(12)22-26(23,24)15-9-8-11(18)10-14(15)25-17(19,20)21/h4-10,22H,1-3H3. The maximum absolute atomic E-state index is 12.7. The van der Waals surface area contributed by atoms with Crippen molar-refractivity contribution >= 4 is 31.6 Å². The second kappa shape index (κ2) is 7.11. The summed E-state index contributed by atoms with van der Waals surface area (Å²) in [6, 6.07) is 10.0. The summed E-state index contributed by atoms with van der Waals surface area (Å²) in [5.41, 5.74) is 0.629. The van der Waals surface area contributed by atoms with Crippen molar-refractivity contribution in [3.8, 4) is 5.75 Å². The molecule has 0 amide bonds. The minimum atomic E-state index is -5.02. The van der Waals surface area contributed by atoms with Gasteiger partial charge in [0, 0.05) is 4.47 Å². The van der Waals surface area contributed by atoms with Crippen LogP contribution in [0.1, 0.15) is 26.3 Å². The number of rotatable bonds is 4. The molecule has 0 radical (unpaired) electrons. The molecule has 0 heterocycles. The molecular weight excluding hydrogens is 435 g/mol. The Morgan fingerprint density at radius 3 is 2.23 bits per heavy atom. The van der Waals surface area contributed by atoms with E-state index in [1.807, 2.05) is 20.8 Å². The number of hydrogen-bond donors (Lipinski definition) is 1. The zero-order valence-corrected chi connectivity index (χ0v) is 16.6. The SMILES string of the molecule is CC(C)(C)c1ccccc1NS(=O)(=O)c1ccc(Br)cc1OC(F)(F)F. The lowest BCUT2D eigenvalue weighted by Crippen LogP contribution is -2.22. The van der Waals surface area contributed by atoms with Gasteiger partial charge in [0.1, 0.15) is 4.90 Å². The number of alkyl halides is 3. The molecule has 0 unspecified atom stereocenters. The molecule has 0 spiro atoms. The van der Waals surface area contributed by atoms with Crippen LogP contribution in [0.25, 0.3) is 0 Å². The van der Waals surface area contributed by atoms with Crippen molar-refractivity contribution in [3.05, 3.63) is 52.5 Å². The van der Waals surface area contributed by atoms with Crippen LogP contribution >= 0.6 is 15.9 Å². The highest BCUT2D eigenvalue weighted by Crippen LogP contribution is 2.35. The van der Waals surface area contributed by atoms with Crippen LogP contribution in [0.5, 0.6) is 5.75 Å². The second-order valence-corrected chi connectivity index (χ2v) is 9.11. The summed E-state index contributed by atoms with van der Waals surface area (Å²) in [5.74, 6) is -0.812. The highest BCUT2D eigenvalue weighted by atomic mass is 79.9. The third-order valence-corrected chi connectivity index (χ3v) is 5.30. The lowest BCUT2D eigenvalue weighted by Gasteiger charge is -2.23. The Morgan fingerprint density at radius 2 is 1.65 bits per heavy atom. The molecule has 0 saturated carbocycles. The molecule has 0 saturated heterocycles. The van der Waals surface area contributed by atoms with Gasteiger partial charge >= 0.3 is 6.36 Å². The van der Waals surface area contributed by atoms with Gasteiger partial charge in [-0.3, -0.25) is 4.72 Å². The molecule has 0 fully saturated rings. The molecule has 0 aliphatic carbocycles. The molecule has 26 heavy (non-hydrogen) atoms.